The molecule has 35 heavy (non-hydrogen) atoms. The van der Waals surface area contributed by atoms with Gasteiger partial charge in [0.25, 0.3) is 5.91 Å². The van der Waals surface area contributed by atoms with Gasteiger partial charge in [-0.3, -0.25) is 4.79 Å². The van der Waals surface area contributed by atoms with E-state index in [4.69, 9.17) is 0 Å². The molecule has 0 spiro atoms. The minimum absolute atomic E-state index is 0.103. The maximum atomic E-state index is 13.4. The summed E-state index contributed by atoms with van der Waals surface area (Å²) < 4.78 is 0. The number of nitrogens with zero attached hydrogens (tertiary/aromatic N) is 4. The Bertz CT molecular complexity index is 956. The molecule has 0 radical (unpaired) electrons. The molecule has 2 aromatic rings. The zero-order valence-electron chi connectivity index (χ0n) is 21.5. The molecule has 1 aromatic heterocycles. The van der Waals surface area contributed by atoms with Gasteiger partial charge in [-0.1, -0.05) is 36.8 Å². The van der Waals surface area contributed by atoms with Gasteiger partial charge in [-0.15, -0.1) is 0 Å². The van der Waals surface area contributed by atoms with E-state index in [2.05, 4.69) is 52.1 Å². The topological polar surface area (TPSA) is 49.3 Å². The number of hydrogen-bond donors (Lipinski definition) is 0. The molecule has 2 aliphatic heterocycles. The number of carbonyl (C=O) groups is 1. The standard InChI is InChI=1S/C30H42N4O/c1-23-28(15-12-24-10-13-26(14-11-24)25-8-4-2-5-9-25)31-22-32-29(23)30(35)34-20-16-27(17-21-34)33-18-6-3-7-19-33/h2,4-5,8-9,22,24,26-27H,3,6-7,10-21H2,1H3. The fraction of sp³-hybridized carbons (Fsp3) is 0.633. The Morgan fingerprint density at radius 1 is 0.886 bits per heavy atom. The number of hydrogen-bond acceptors (Lipinski definition) is 4. The van der Waals surface area contributed by atoms with Crippen LogP contribution in [-0.4, -0.2) is 57.9 Å². The van der Waals surface area contributed by atoms with Crippen molar-refractivity contribution < 1.29 is 4.79 Å². The van der Waals surface area contributed by atoms with Gasteiger partial charge in [-0.2, -0.15) is 0 Å². The van der Waals surface area contributed by atoms with Crippen LogP contribution in [0, 0.1) is 12.8 Å². The van der Waals surface area contributed by atoms with E-state index in [-0.39, 0.29) is 5.91 Å². The van der Waals surface area contributed by atoms with Crippen LogP contribution in [0.1, 0.15) is 97.4 Å². The molecule has 5 heteroatoms. The maximum absolute atomic E-state index is 13.4. The summed E-state index contributed by atoms with van der Waals surface area (Å²) in [6, 6.07) is 11.6. The quantitative estimate of drug-likeness (QED) is 0.532. The van der Waals surface area contributed by atoms with E-state index in [9.17, 15) is 4.79 Å². The van der Waals surface area contributed by atoms with Crippen molar-refractivity contribution in [1.82, 2.24) is 19.8 Å². The molecule has 3 fully saturated rings. The molecule has 5 nitrogen and oxygen atoms in total. The van der Waals surface area contributed by atoms with E-state index in [0.29, 0.717) is 11.7 Å². The van der Waals surface area contributed by atoms with Gasteiger partial charge in [0.15, 0.2) is 0 Å². The Hall–Kier alpha value is -2.27. The van der Waals surface area contributed by atoms with Crippen molar-refractivity contribution in [2.24, 2.45) is 5.92 Å². The highest BCUT2D eigenvalue weighted by Crippen LogP contribution is 2.37. The lowest BCUT2D eigenvalue weighted by molar-refractivity contribution is 0.0583. The molecule has 1 aromatic carbocycles. The van der Waals surface area contributed by atoms with Crippen LogP contribution in [0.15, 0.2) is 36.7 Å². The van der Waals surface area contributed by atoms with Crippen molar-refractivity contribution in [1.29, 1.82) is 0 Å². The van der Waals surface area contributed by atoms with Crippen molar-refractivity contribution in [3.8, 4) is 0 Å². The lowest BCUT2D eigenvalue weighted by Crippen LogP contribution is -2.48. The van der Waals surface area contributed by atoms with Crippen LogP contribution in [0.3, 0.4) is 0 Å². The van der Waals surface area contributed by atoms with Crippen molar-refractivity contribution in [3.05, 3.63) is 59.2 Å². The van der Waals surface area contributed by atoms with E-state index >= 15 is 0 Å². The van der Waals surface area contributed by atoms with Gasteiger partial charge in [-0.05, 0) is 102 Å². The molecule has 2 saturated heterocycles. The summed E-state index contributed by atoms with van der Waals surface area (Å²) in [4.78, 5) is 27.1. The fourth-order valence-electron chi connectivity index (χ4n) is 6.67. The van der Waals surface area contributed by atoms with E-state index < -0.39 is 0 Å². The second-order valence-corrected chi connectivity index (χ2v) is 11.1. The molecule has 0 bridgehead atoms. The number of aryl methyl sites for hydroxylation is 1. The van der Waals surface area contributed by atoms with Crippen molar-refractivity contribution in [2.45, 2.75) is 89.5 Å². The molecule has 0 N–H and O–H groups in total. The monoisotopic (exact) mass is 474 g/mol. The van der Waals surface area contributed by atoms with Gasteiger partial charge < -0.3 is 9.80 Å². The number of aromatic nitrogens is 2. The summed E-state index contributed by atoms with van der Waals surface area (Å²) in [6.45, 7) is 6.23. The smallest absolute Gasteiger partial charge is 0.272 e. The number of likely N-dealkylation sites (tertiary alicyclic amines) is 2. The Kier molecular flexibility index (Phi) is 8.13. The van der Waals surface area contributed by atoms with Crippen molar-refractivity contribution in [2.75, 3.05) is 26.2 Å². The Labute approximate surface area is 211 Å². The minimum atomic E-state index is 0.103. The highest BCUT2D eigenvalue weighted by atomic mass is 16.2. The molecule has 0 atom stereocenters. The Balaban J connectivity index is 1.12. The third-order valence-corrected chi connectivity index (χ3v) is 8.96. The zero-order chi connectivity index (χ0) is 24.0. The Morgan fingerprint density at radius 3 is 2.31 bits per heavy atom. The van der Waals surface area contributed by atoms with Gasteiger partial charge in [-0.25, -0.2) is 9.97 Å². The molecule has 0 unspecified atom stereocenters. The molecular weight excluding hydrogens is 432 g/mol. The third kappa shape index (κ3) is 5.94. The summed E-state index contributed by atoms with van der Waals surface area (Å²) in [5, 5.41) is 0. The molecular formula is C30H42N4O. The highest BCUT2D eigenvalue weighted by molar-refractivity contribution is 5.93. The summed E-state index contributed by atoms with van der Waals surface area (Å²) in [5.41, 5.74) is 4.19. The Morgan fingerprint density at radius 2 is 1.60 bits per heavy atom. The first kappa shape index (κ1) is 24.4. The lowest BCUT2D eigenvalue weighted by Gasteiger charge is -2.40. The zero-order valence-corrected chi connectivity index (χ0v) is 21.5. The first-order valence-electron chi connectivity index (χ1n) is 14.1. The van der Waals surface area contributed by atoms with Crippen molar-refractivity contribution in [3.63, 3.8) is 0 Å². The van der Waals surface area contributed by atoms with Gasteiger partial charge in [0.1, 0.15) is 12.0 Å². The second kappa shape index (κ2) is 11.6. The average molecular weight is 475 g/mol. The van der Waals surface area contributed by atoms with Crippen LogP contribution < -0.4 is 0 Å². The van der Waals surface area contributed by atoms with Gasteiger partial charge in [0.05, 0.1) is 0 Å². The molecule has 1 saturated carbocycles. The molecule has 1 amide bonds. The first-order valence-corrected chi connectivity index (χ1v) is 14.1. The second-order valence-electron chi connectivity index (χ2n) is 11.1. The van der Waals surface area contributed by atoms with Crippen LogP contribution in [0.2, 0.25) is 0 Å². The summed E-state index contributed by atoms with van der Waals surface area (Å²) in [6.07, 6.45) is 15.1. The largest absolute Gasteiger partial charge is 0.337 e. The molecule has 188 valence electrons. The van der Waals surface area contributed by atoms with Crippen LogP contribution in [0.4, 0.5) is 0 Å². The van der Waals surface area contributed by atoms with E-state index in [1.165, 1.54) is 63.6 Å². The number of piperidine rings is 2. The molecule has 1 aliphatic carbocycles. The normalized spacial score (nSPS) is 24.4. The van der Waals surface area contributed by atoms with Crippen LogP contribution in [-0.2, 0) is 6.42 Å². The van der Waals surface area contributed by atoms with E-state index in [1.807, 2.05) is 4.90 Å². The molecule has 3 aliphatic rings. The van der Waals surface area contributed by atoms with Crippen LogP contribution >= 0.6 is 0 Å². The van der Waals surface area contributed by atoms with Gasteiger partial charge in [0.2, 0.25) is 0 Å². The number of carbonyl (C=O) groups excluding carboxylic acids is 1. The predicted octanol–water partition coefficient (Wildman–Crippen LogP) is 5.78. The molecule has 5 rings (SSSR count). The first-order chi connectivity index (χ1) is 17.2. The lowest BCUT2D eigenvalue weighted by atomic mass is 9.77. The minimum Gasteiger partial charge on any atom is -0.337 e. The van der Waals surface area contributed by atoms with Crippen LogP contribution in [0.25, 0.3) is 0 Å². The fourth-order valence-corrected chi connectivity index (χ4v) is 6.67. The number of amides is 1. The van der Waals surface area contributed by atoms with Gasteiger partial charge in [0, 0.05) is 30.4 Å². The SMILES string of the molecule is Cc1c(CCC2CCC(c3ccccc3)CC2)ncnc1C(=O)N1CCC(N2CCCCC2)CC1. The number of rotatable bonds is 6. The van der Waals surface area contributed by atoms with Crippen molar-refractivity contribution >= 4 is 5.91 Å². The number of benzene rings is 1. The van der Waals surface area contributed by atoms with Crippen LogP contribution in [0.5, 0.6) is 0 Å². The summed E-state index contributed by atoms with van der Waals surface area (Å²) in [7, 11) is 0. The molecule has 3 heterocycles. The maximum Gasteiger partial charge on any atom is 0.272 e. The predicted molar refractivity (Wildman–Crippen MR) is 141 cm³/mol. The third-order valence-electron chi connectivity index (χ3n) is 8.96. The summed E-state index contributed by atoms with van der Waals surface area (Å²) >= 11 is 0. The van der Waals surface area contributed by atoms with E-state index in [1.54, 1.807) is 6.33 Å². The van der Waals surface area contributed by atoms with Gasteiger partial charge >= 0.3 is 0 Å². The average Bonchev–Trinajstić information content (AvgIpc) is 2.93. The summed E-state index contributed by atoms with van der Waals surface area (Å²) in [5.74, 6) is 1.58. The van der Waals surface area contributed by atoms with E-state index in [0.717, 1.165) is 61.9 Å². The highest BCUT2D eigenvalue weighted by Gasteiger charge is 2.30.